The zero-order chi connectivity index (χ0) is 55.9. The van der Waals surface area contributed by atoms with E-state index in [1.165, 1.54) is 6.92 Å². The minimum Gasteiger partial charge on any atom is -0.463 e. The summed E-state index contributed by atoms with van der Waals surface area (Å²) in [6.07, 6.45) is -23.2. The van der Waals surface area contributed by atoms with Crippen LogP contribution in [0.1, 0.15) is 127 Å². The van der Waals surface area contributed by atoms with Crippen LogP contribution in [0.5, 0.6) is 0 Å². The Morgan fingerprint density at radius 1 is 0.584 bits per heavy atom. The molecule has 10 fully saturated rings. The standard InChI is InChI=1S/C55H90O22/c1-24-34(59)38(63)41(66)45(71-24)77-44-40(65)35(60)26(20-56)72-48(44)74-28-22-69-47(43(37(28)62)76-46-42(67)39(64)36(61)27(73-46)21-68-25(2)57)75-33-12-13-51(7)29(50(33,5)6)10-14-52(8)30(51)11-15-55-31-18-49(3,4)16-17-54(31,23-70-55)32(58)19-53(52,55)9/h24,26-48,56,58-67H,10-23H2,1-9H3/t24-,26+,27+,28-,29-,30+,31+,32+,33-,34-,35+,36+,37-,38+,39-,40-,41+,42+,43+,44+,45-,46-,47-,48-,51-,52+,53-,54+,55-/m0/s1. The normalized spacial score (nSPS) is 56.0. The fraction of sp³-hybridized carbons (Fsp3) is 0.982. The van der Waals surface area contributed by atoms with Crippen molar-refractivity contribution in [2.45, 2.75) is 261 Å². The van der Waals surface area contributed by atoms with Crippen LogP contribution in [-0.2, 0) is 52.2 Å². The van der Waals surface area contributed by atoms with E-state index in [9.17, 15) is 61.0 Å². The summed E-state index contributed by atoms with van der Waals surface area (Å²) < 4.78 is 61.9. The molecule has 0 unspecified atom stereocenters. The van der Waals surface area contributed by atoms with E-state index in [0.29, 0.717) is 18.9 Å². The van der Waals surface area contributed by atoms with Crippen molar-refractivity contribution in [3.63, 3.8) is 0 Å². The highest BCUT2D eigenvalue weighted by Gasteiger charge is 2.80. The summed E-state index contributed by atoms with van der Waals surface area (Å²) in [5, 5.41) is 122. The fourth-order valence-corrected chi connectivity index (χ4v) is 17.8. The first-order valence-electron chi connectivity index (χ1n) is 28.4. The number of hydrogen-bond donors (Lipinski definition) is 11. The van der Waals surface area contributed by atoms with Crippen LogP contribution in [-0.4, -0.2) is 223 Å². The zero-order valence-electron chi connectivity index (χ0n) is 46.2. The second kappa shape index (κ2) is 20.8. The van der Waals surface area contributed by atoms with Crippen LogP contribution in [0, 0.1) is 50.2 Å². The van der Waals surface area contributed by atoms with Crippen molar-refractivity contribution in [2.24, 2.45) is 50.2 Å². The molecule has 0 aromatic carbocycles. The monoisotopic (exact) mass is 1100 g/mol. The summed E-state index contributed by atoms with van der Waals surface area (Å²) in [4.78, 5) is 11.8. The van der Waals surface area contributed by atoms with Gasteiger partial charge in [-0.2, -0.15) is 0 Å². The fourth-order valence-electron chi connectivity index (χ4n) is 17.8. The van der Waals surface area contributed by atoms with Crippen molar-refractivity contribution in [3.05, 3.63) is 0 Å². The number of carbonyl (C=O) groups is 1. The maximum Gasteiger partial charge on any atom is 0.302 e. The molecule has 0 aromatic rings. The minimum atomic E-state index is -1.91. The summed E-state index contributed by atoms with van der Waals surface area (Å²) in [5.74, 6) is 0.0565. The Morgan fingerprint density at radius 2 is 1.21 bits per heavy atom. The van der Waals surface area contributed by atoms with Crippen molar-refractivity contribution in [1.29, 1.82) is 0 Å². The van der Waals surface area contributed by atoms with E-state index >= 15 is 0 Å². The van der Waals surface area contributed by atoms with Gasteiger partial charge in [-0.1, -0.05) is 48.5 Å². The molecule has 5 aliphatic heterocycles. The summed E-state index contributed by atoms with van der Waals surface area (Å²) >= 11 is 0. The van der Waals surface area contributed by atoms with Crippen molar-refractivity contribution < 1.29 is 108 Å². The maximum atomic E-state index is 12.5. The van der Waals surface area contributed by atoms with Gasteiger partial charge in [-0.15, -0.1) is 0 Å². The number of aliphatic hydroxyl groups excluding tert-OH is 11. The van der Waals surface area contributed by atoms with Crippen molar-refractivity contribution in [3.8, 4) is 0 Å². The van der Waals surface area contributed by atoms with E-state index in [-0.39, 0.29) is 44.5 Å². The van der Waals surface area contributed by atoms with E-state index in [1.807, 2.05) is 0 Å². The molecule has 0 amide bonds. The van der Waals surface area contributed by atoms with Crippen molar-refractivity contribution >= 4 is 5.97 Å². The smallest absolute Gasteiger partial charge is 0.302 e. The van der Waals surface area contributed by atoms with E-state index in [2.05, 4.69) is 48.5 Å². The average Bonchev–Trinajstić information content (AvgIpc) is 3.41. The number of ether oxygens (including phenoxy) is 10. The van der Waals surface area contributed by atoms with Crippen LogP contribution in [0.3, 0.4) is 0 Å². The van der Waals surface area contributed by atoms with Crippen LogP contribution >= 0.6 is 0 Å². The van der Waals surface area contributed by atoms with Gasteiger partial charge in [0, 0.05) is 17.8 Å². The Balaban J connectivity index is 0.910. The van der Waals surface area contributed by atoms with Crippen LogP contribution in [0.25, 0.3) is 0 Å². The molecule has 5 aliphatic carbocycles. The summed E-state index contributed by atoms with van der Waals surface area (Å²) in [7, 11) is 0. The quantitative estimate of drug-likeness (QED) is 0.0950. The van der Waals surface area contributed by atoms with E-state index < -0.39 is 160 Å². The minimum absolute atomic E-state index is 0.140. The lowest BCUT2D eigenvalue weighted by molar-refractivity contribution is -0.394. The first-order valence-corrected chi connectivity index (χ1v) is 28.4. The molecule has 77 heavy (non-hydrogen) atoms. The Bertz CT molecular complexity index is 2120. The van der Waals surface area contributed by atoms with Crippen molar-refractivity contribution in [1.82, 2.24) is 0 Å². The third-order valence-electron chi connectivity index (χ3n) is 22.5. The molecule has 1 spiro atoms. The Morgan fingerprint density at radius 3 is 1.88 bits per heavy atom. The van der Waals surface area contributed by atoms with Gasteiger partial charge in [-0.3, -0.25) is 4.79 Å². The molecule has 442 valence electrons. The molecule has 5 saturated heterocycles. The molecular weight excluding hydrogens is 1010 g/mol. The molecule has 5 heterocycles. The lowest BCUT2D eigenvalue weighted by atomic mass is 9.30. The van der Waals surface area contributed by atoms with Gasteiger partial charge < -0.3 is 104 Å². The van der Waals surface area contributed by atoms with E-state index in [1.54, 1.807) is 0 Å². The number of aliphatic hydroxyl groups is 11. The third-order valence-corrected chi connectivity index (χ3v) is 22.5. The summed E-state index contributed by atoms with van der Waals surface area (Å²) in [6.45, 7) is 18.0. The lowest BCUT2D eigenvalue weighted by Crippen LogP contribution is -2.74. The number of fused-ring (bicyclic) bond motifs is 4. The molecule has 0 radical (unpaired) electrons. The summed E-state index contributed by atoms with van der Waals surface area (Å²) in [6, 6.07) is 0. The van der Waals surface area contributed by atoms with Gasteiger partial charge >= 0.3 is 5.97 Å². The molecule has 22 nitrogen and oxygen atoms in total. The first kappa shape index (κ1) is 58.9. The second-order valence-electron chi connectivity index (χ2n) is 27.2. The summed E-state index contributed by atoms with van der Waals surface area (Å²) in [5.41, 5.74) is -1.40. The second-order valence-corrected chi connectivity index (χ2v) is 27.2. The van der Waals surface area contributed by atoms with Gasteiger partial charge in [-0.25, -0.2) is 0 Å². The number of carbonyl (C=O) groups excluding carboxylic acids is 1. The SMILES string of the molecule is CC(=O)OC[C@H]1O[C@@H](O[C@H]2[C@H](O[C@H]3CC[C@]4(C)[C@H]5CC[C@]67OC[C@@]8(CCC(C)(C)C[C@H]86)[C@H](O)C[C@@]7(C)[C@]5(C)CC[C@H]4C3(C)C)OC[C@H](O[C@@H]3O[C@H](CO)[C@@H](O)[C@H](O)[C@H]3O[C@@H]3O[C@@H](C)[C@H](O)[C@@H](O)[C@H]3O)[C@@H]2O)[C@H](O)[C@@H](O)[C@@H]1O. The third kappa shape index (κ3) is 9.23. The zero-order valence-corrected chi connectivity index (χ0v) is 46.2. The number of esters is 1. The number of hydrogen-bond acceptors (Lipinski definition) is 22. The van der Waals surface area contributed by atoms with Crippen LogP contribution in [0.15, 0.2) is 0 Å². The molecule has 29 atom stereocenters. The molecule has 0 aromatic heterocycles. The lowest BCUT2D eigenvalue weighted by Gasteiger charge is -2.75. The van der Waals surface area contributed by atoms with Crippen molar-refractivity contribution in [2.75, 3.05) is 26.4 Å². The molecule has 10 aliphatic rings. The molecule has 2 bridgehead atoms. The highest BCUT2D eigenvalue weighted by atomic mass is 16.8. The molecule has 10 rings (SSSR count). The highest BCUT2D eigenvalue weighted by molar-refractivity contribution is 5.65. The predicted octanol–water partition coefficient (Wildman–Crippen LogP) is -0.113. The Labute approximate surface area is 450 Å². The maximum absolute atomic E-state index is 12.5. The largest absolute Gasteiger partial charge is 0.463 e. The van der Waals surface area contributed by atoms with E-state index in [0.717, 1.165) is 64.7 Å². The molecule has 22 heteroatoms. The molecule has 5 saturated carbocycles. The predicted molar refractivity (Wildman–Crippen MR) is 264 cm³/mol. The van der Waals surface area contributed by atoms with Gasteiger partial charge in [0.25, 0.3) is 0 Å². The van der Waals surface area contributed by atoms with Gasteiger partial charge in [0.2, 0.25) is 0 Å². The van der Waals surface area contributed by atoms with Gasteiger partial charge in [0.1, 0.15) is 92.1 Å². The van der Waals surface area contributed by atoms with Crippen LogP contribution in [0.2, 0.25) is 0 Å². The van der Waals surface area contributed by atoms with E-state index in [4.69, 9.17) is 47.4 Å². The number of rotatable bonds is 11. The van der Waals surface area contributed by atoms with Gasteiger partial charge in [-0.05, 0) is 111 Å². The molecular formula is C55H90O22. The average molecular weight is 1100 g/mol. The topological polar surface area (TPSA) is 332 Å². The Hall–Kier alpha value is -1.33. The first-order chi connectivity index (χ1) is 36.0. The van der Waals surface area contributed by atoms with Gasteiger partial charge in [0.15, 0.2) is 25.2 Å². The molecule has 11 N–H and O–H groups in total. The van der Waals surface area contributed by atoms with Crippen LogP contribution < -0.4 is 0 Å². The highest BCUT2D eigenvalue weighted by Crippen LogP contribution is 2.80. The van der Waals surface area contributed by atoms with Gasteiger partial charge in [0.05, 0.1) is 43.7 Å². The Kier molecular flexibility index (Phi) is 15.9. The van der Waals surface area contributed by atoms with Crippen LogP contribution in [0.4, 0.5) is 0 Å².